The summed E-state index contributed by atoms with van der Waals surface area (Å²) in [5.41, 5.74) is 1.99. The molecule has 4 heteroatoms. The summed E-state index contributed by atoms with van der Waals surface area (Å²) in [5, 5.41) is 0. The van der Waals surface area contributed by atoms with Crippen molar-refractivity contribution in [2.45, 2.75) is 19.8 Å². The lowest BCUT2D eigenvalue weighted by Gasteiger charge is -2.11. The van der Waals surface area contributed by atoms with Crippen molar-refractivity contribution in [2.75, 3.05) is 14.2 Å². The van der Waals surface area contributed by atoms with Gasteiger partial charge in [0.05, 0.1) is 26.2 Å². The fraction of sp³-hybridized carbons (Fsp3) is 0.385. The number of carbonyl (C=O) groups is 2. The van der Waals surface area contributed by atoms with Crippen molar-refractivity contribution in [3.63, 3.8) is 0 Å². The lowest BCUT2D eigenvalue weighted by molar-refractivity contribution is -0.139. The van der Waals surface area contributed by atoms with Crippen LogP contribution >= 0.6 is 0 Å². The van der Waals surface area contributed by atoms with E-state index in [0.717, 1.165) is 5.56 Å². The Bertz CT molecular complexity index is 423. The van der Waals surface area contributed by atoms with E-state index in [0.29, 0.717) is 17.5 Å². The van der Waals surface area contributed by atoms with Crippen molar-refractivity contribution in [2.24, 2.45) is 0 Å². The number of benzene rings is 1. The molecular formula is C13H16O4. The predicted octanol–water partition coefficient (Wildman–Crippen LogP) is 1.75. The van der Waals surface area contributed by atoms with E-state index in [9.17, 15) is 9.59 Å². The Morgan fingerprint density at radius 3 is 2.29 bits per heavy atom. The summed E-state index contributed by atoms with van der Waals surface area (Å²) in [4.78, 5) is 23.0. The smallest absolute Gasteiger partial charge is 0.338 e. The molecule has 4 nitrogen and oxygen atoms in total. The molecule has 0 radical (unpaired) electrons. The quantitative estimate of drug-likeness (QED) is 0.747. The molecule has 0 saturated carbocycles. The van der Waals surface area contributed by atoms with Crippen LogP contribution in [-0.2, 0) is 27.1 Å². The molecule has 0 saturated heterocycles. The first-order valence-electron chi connectivity index (χ1n) is 5.39. The fourth-order valence-corrected chi connectivity index (χ4v) is 1.69. The zero-order valence-corrected chi connectivity index (χ0v) is 10.3. The summed E-state index contributed by atoms with van der Waals surface area (Å²) in [5.74, 6) is -0.787. The van der Waals surface area contributed by atoms with Gasteiger partial charge in [0.1, 0.15) is 0 Å². The minimum Gasteiger partial charge on any atom is -0.469 e. The Morgan fingerprint density at radius 1 is 1.12 bits per heavy atom. The van der Waals surface area contributed by atoms with E-state index in [4.69, 9.17) is 4.74 Å². The number of hydrogen-bond acceptors (Lipinski definition) is 4. The van der Waals surface area contributed by atoms with Crippen molar-refractivity contribution in [3.05, 3.63) is 34.9 Å². The minimum atomic E-state index is -0.415. The van der Waals surface area contributed by atoms with Crippen LogP contribution in [0.2, 0.25) is 0 Å². The van der Waals surface area contributed by atoms with Gasteiger partial charge in [0.25, 0.3) is 0 Å². The second-order valence-electron chi connectivity index (χ2n) is 3.55. The van der Waals surface area contributed by atoms with Crippen LogP contribution < -0.4 is 0 Å². The predicted molar refractivity (Wildman–Crippen MR) is 62.9 cm³/mol. The molecule has 0 fully saturated rings. The Labute approximate surface area is 101 Å². The maximum atomic E-state index is 11.7. The Balaban J connectivity index is 3.19. The number of aryl methyl sites for hydroxylation is 1. The van der Waals surface area contributed by atoms with Gasteiger partial charge in [0, 0.05) is 0 Å². The van der Waals surface area contributed by atoms with Crippen LogP contribution in [0.4, 0.5) is 0 Å². The maximum absolute atomic E-state index is 11.7. The summed E-state index contributed by atoms with van der Waals surface area (Å²) < 4.78 is 9.35. The zero-order valence-electron chi connectivity index (χ0n) is 10.3. The fourth-order valence-electron chi connectivity index (χ4n) is 1.69. The molecule has 0 aromatic heterocycles. The highest BCUT2D eigenvalue weighted by Gasteiger charge is 2.17. The average Bonchev–Trinajstić information content (AvgIpc) is 2.37. The van der Waals surface area contributed by atoms with E-state index in [-0.39, 0.29) is 12.4 Å². The maximum Gasteiger partial charge on any atom is 0.338 e. The molecule has 0 spiro atoms. The highest BCUT2D eigenvalue weighted by Crippen LogP contribution is 2.18. The van der Waals surface area contributed by atoms with Crippen molar-refractivity contribution in [1.29, 1.82) is 0 Å². The highest BCUT2D eigenvalue weighted by molar-refractivity contribution is 5.94. The molecule has 0 heterocycles. The number of ether oxygens (including phenoxy) is 2. The van der Waals surface area contributed by atoms with Crippen LogP contribution in [0.1, 0.15) is 28.4 Å². The standard InChI is InChI=1S/C13H16O4/c1-4-9-6-5-7-10(8-11(14)16-2)12(9)13(15)17-3/h5-7H,4,8H2,1-3H3. The molecule has 0 aliphatic heterocycles. The van der Waals surface area contributed by atoms with Gasteiger partial charge in [-0.3, -0.25) is 4.79 Å². The van der Waals surface area contributed by atoms with E-state index < -0.39 is 5.97 Å². The van der Waals surface area contributed by atoms with Crippen LogP contribution in [0.3, 0.4) is 0 Å². The Kier molecular flexibility index (Phi) is 4.69. The third-order valence-corrected chi connectivity index (χ3v) is 2.57. The van der Waals surface area contributed by atoms with Gasteiger partial charge in [-0.1, -0.05) is 25.1 Å². The number of methoxy groups -OCH3 is 2. The number of carbonyl (C=O) groups excluding carboxylic acids is 2. The molecule has 0 aliphatic rings. The molecule has 1 aromatic rings. The van der Waals surface area contributed by atoms with E-state index in [1.807, 2.05) is 19.1 Å². The molecule has 0 unspecified atom stereocenters. The molecule has 1 aromatic carbocycles. The van der Waals surface area contributed by atoms with Crippen molar-refractivity contribution in [3.8, 4) is 0 Å². The first-order valence-corrected chi connectivity index (χ1v) is 5.39. The van der Waals surface area contributed by atoms with Crippen LogP contribution in [0.5, 0.6) is 0 Å². The van der Waals surface area contributed by atoms with Crippen LogP contribution in [0, 0.1) is 0 Å². The molecule has 0 bridgehead atoms. The average molecular weight is 236 g/mol. The number of esters is 2. The lowest BCUT2D eigenvalue weighted by Crippen LogP contribution is -2.13. The van der Waals surface area contributed by atoms with E-state index in [1.54, 1.807) is 6.07 Å². The summed E-state index contributed by atoms with van der Waals surface area (Å²) in [6.07, 6.45) is 0.786. The summed E-state index contributed by atoms with van der Waals surface area (Å²) >= 11 is 0. The zero-order chi connectivity index (χ0) is 12.8. The van der Waals surface area contributed by atoms with E-state index in [2.05, 4.69) is 4.74 Å². The van der Waals surface area contributed by atoms with E-state index in [1.165, 1.54) is 14.2 Å². The van der Waals surface area contributed by atoms with E-state index >= 15 is 0 Å². The Morgan fingerprint density at radius 2 is 1.76 bits per heavy atom. The van der Waals surface area contributed by atoms with Crippen LogP contribution in [-0.4, -0.2) is 26.2 Å². The van der Waals surface area contributed by atoms with Crippen molar-refractivity contribution in [1.82, 2.24) is 0 Å². The van der Waals surface area contributed by atoms with Crippen molar-refractivity contribution < 1.29 is 19.1 Å². The van der Waals surface area contributed by atoms with Gasteiger partial charge in [-0.05, 0) is 17.5 Å². The summed E-state index contributed by atoms with van der Waals surface area (Å²) in [6.45, 7) is 1.95. The monoisotopic (exact) mass is 236 g/mol. The number of hydrogen-bond donors (Lipinski definition) is 0. The van der Waals surface area contributed by atoms with Crippen LogP contribution in [0.25, 0.3) is 0 Å². The molecule has 92 valence electrons. The molecular weight excluding hydrogens is 220 g/mol. The van der Waals surface area contributed by atoms with Gasteiger partial charge in [-0.25, -0.2) is 4.79 Å². The van der Waals surface area contributed by atoms with Crippen molar-refractivity contribution >= 4 is 11.9 Å². The van der Waals surface area contributed by atoms with Gasteiger partial charge in [0.2, 0.25) is 0 Å². The second-order valence-corrected chi connectivity index (χ2v) is 3.55. The lowest BCUT2D eigenvalue weighted by atomic mass is 9.97. The second kappa shape index (κ2) is 6.03. The van der Waals surface area contributed by atoms with Gasteiger partial charge in [0.15, 0.2) is 0 Å². The first-order chi connectivity index (χ1) is 8.13. The third kappa shape index (κ3) is 3.06. The molecule has 0 aliphatic carbocycles. The van der Waals surface area contributed by atoms with Gasteiger partial charge >= 0.3 is 11.9 Å². The van der Waals surface area contributed by atoms with Gasteiger partial charge in [-0.2, -0.15) is 0 Å². The molecule has 0 amide bonds. The van der Waals surface area contributed by atoms with Crippen LogP contribution in [0.15, 0.2) is 18.2 Å². The highest BCUT2D eigenvalue weighted by atomic mass is 16.5. The molecule has 0 N–H and O–H groups in total. The summed E-state index contributed by atoms with van der Waals surface area (Å²) in [6, 6.07) is 5.42. The minimum absolute atomic E-state index is 0.0781. The van der Waals surface area contributed by atoms with Gasteiger partial charge < -0.3 is 9.47 Å². The topological polar surface area (TPSA) is 52.6 Å². The first kappa shape index (κ1) is 13.2. The normalized spacial score (nSPS) is 9.82. The Hall–Kier alpha value is -1.84. The molecule has 0 atom stereocenters. The largest absolute Gasteiger partial charge is 0.469 e. The molecule has 1 rings (SSSR count). The number of rotatable bonds is 4. The summed E-state index contributed by atoms with van der Waals surface area (Å²) in [7, 11) is 2.65. The third-order valence-electron chi connectivity index (χ3n) is 2.57. The SMILES string of the molecule is CCc1cccc(CC(=O)OC)c1C(=O)OC. The van der Waals surface area contributed by atoms with Gasteiger partial charge in [-0.15, -0.1) is 0 Å². The molecule has 17 heavy (non-hydrogen) atoms.